The molecular weight excluding hydrogens is 264 g/mol. The highest BCUT2D eigenvalue weighted by atomic mass is 32.3. The van der Waals surface area contributed by atoms with Gasteiger partial charge in [-0.25, -0.2) is 8.98 Å². The predicted molar refractivity (Wildman–Crippen MR) is 49.2 cm³/mol. The Morgan fingerprint density at radius 1 is 1.12 bits per heavy atom. The van der Waals surface area contributed by atoms with Gasteiger partial charge in [0.05, 0.1) is 6.61 Å². The van der Waals surface area contributed by atoms with Gasteiger partial charge in [0.15, 0.2) is 6.10 Å². The molecule has 0 bridgehead atoms. The van der Waals surface area contributed by atoms with E-state index in [4.69, 9.17) is 30.1 Å². The molecule has 0 aliphatic carbocycles. The van der Waals surface area contributed by atoms with Crippen LogP contribution < -0.4 is 0 Å². The van der Waals surface area contributed by atoms with Gasteiger partial charge in [-0.05, 0) is 0 Å². The van der Waals surface area contributed by atoms with Gasteiger partial charge in [0.25, 0.3) is 0 Å². The quantitative estimate of drug-likeness (QED) is 0.253. The van der Waals surface area contributed by atoms with Crippen molar-refractivity contribution in [2.75, 3.05) is 6.61 Å². The molecule has 11 heteroatoms. The van der Waals surface area contributed by atoms with Crippen LogP contribution in [0.15, 0.2) is 0 Å². The summed E-state index contributed by atoms with van der Waals surface area (Å²) in [5.41, 5.74) is 0. The van der Waals surface area contributed by atoms with Gasteiger partial charge in [-0.2, -0.15) is 8.42 Å². The molecule has 0 aromatic rings. The minimum absolute atomic E-state index is 1.12. The van der Waals surface area contributed by atoms with E-state index in [1.165, 1.54) is 0 Å². The zero-order valence-corrected chi connectivity index (χ0v) is 9.06. The summed E-state index contributed by atoms with van der Waals surface area (Å²) in [5.74, 6) is -1.85. The molecule has 10 nitrogen and oxygen atoms in total. The fraction of sp³-hybridized carbons (Fsp3) is 0.833. The number of carboxylic acids is 1. The monoisotopic (exact) mass is 276 g/mol. The predicted octanol–water partition coefficient (Wildman–Crippen LogP) is -3.67. The van der Waals surface area contributed by atoms with E-state index < -0.39 is 47.4 Å². The molecule has 0 spiro atoms. The molecule has 0 aliphatic rings. The Balaban J connectivity index is 4.39. The van der Waals surface area contributed by atoms with Gasteiger partial charge < -0.3 is 25.5 Å². The summed E-state index contributed by atoms with van der Waals surface area (Å²) >= 11 is 0. The number of aliphatic carboxylic acids is 1. The van der Waals surface area contributed by atoms with E-state index in [0.29, 0.717) is 0 Å². The number of aliphatic hydroxyl groups is 4. The summed E-state index contributed by atoms with van der Waals surface area (Å²) in [5, 5.41) is 44.3. The first kappa shape index (κ1) is 16.2. The topological polar surface area (TPSA) is 182 Å². The van der Waals surface area contributed by atoms with Gasteiger partial charge in [-0.15, -0.1) is 0 Å². The number of hydrogen-bond donors (Lipinski definition) is 6. The molecule has 0 amide bonds. The average Bonchev–Trinajstić information content (AvgIpc) is 2.21. The number of aliphatic hydroxyl groups excluding tert-OH is 4. The Morgan fingerprint density at radius 2 is 1.59 bits per heavy atom. The van der Waals surface area contributed by atoms with Crippen molar-refractivity contribution in [2.45, 2.75) is 24.4 Å². The van der Waals surface area contributed by atoms with Crippen molar-refractivity contribution in [3.63, 3.8) is 0 Å². The molecule has 0 saturated heterocycles. The fourth-order valence-corrected chi connectivity index (χ4v) is 1.13. The number of carboxylic acid groups (broad SMARTS) is 1. The molecule has 0 saturated carbocycles. The Hall–Kier alpha value is -0.820. The fourth-order valence-electron chi connectivity index (χ4n) is 0.815. The summed E-state index contributed by atoms with van der Waals surface area (Å²) in [6, 6.07) is 0. The van der Waals surface area contributed by atoms with Crippen LogP contribution in [0, 0.1) is 0 Å². The Labute approximate surface area is 95.6 Å². The van der Waals surface area contributed by atoms with Crippen LogP contribution in [0.3, 0.4) is 0 Å². The van der Waals surface area contributed by atoms with Crippen molar-refractivity contribution < 1.29 is 47.5 Å². The van der Waals surface area contributed by atoms with Crippen LogP contribution in [-0.2, 0) is 19.4 Å². The average molecular weight is 276 g/mol. The third kappa shape index (κ3) is 5.88. The molecule has 0 aliphatic heterocycles. The number of hydrogen-bond acceptors (Lipinski definition) is 8. The van der Waals surface area contributed by atoms with Gasteiger partial charge in [-0.3, -0.25) is 4.55 Å². The van der Waals surface area contributed by atoms with Gasteiger partial charge in [-0.1, -0.05) is 0 Å². The molecule has 6 N–H and O–H groups in total. The molecule has 0 radical (unpaired) electrons. The van der Waals surface area contributed by atoms with Crippen molar-refractivity contribution in [3.8, 4) is 0 Å². The molecule has 102 valence electrons. The van der Waals surface area contributed by atoms with Crippen molar-refractivity contribution in [1.29, 1.82) is 0 Å². The van der Waals surface area contributed by atoms with Gasteiger partial charge in [0.2, 0.25) is 0 Å². The largest absolute Gasteiger partial charge is 0.479 e. The van der Waals surface area contributed by atoms with E-state index in [9.17, 15) is 13.2 Å². The zero-order chi connectivity index (χ0) is 13.8. The third-order valence-electron chi connectivity index (χ3n) is 1.71. The highest BCUT2D eigenvalue weighted by Crippen LogP contribution is 2.06. The standard InChI is InChI=1S/C6H12O10S/c7-2(1-16-17(13,14)15)3(8)4(9)5(10)6(11)12/h2-5,7-10H,1H2,(H,11,12)(H,13,14,15). The lowest BCUT2D eigenvalue weighted by atomic mass is 10.0. The Kier molecular flexibility index (Phi) is 5.91. The minimum Gasteiger partial charge on any atom is -0.479 e. The van der Waals surface area contributed by atoms with Crippen LogP contribution in [-0.4, -0.2) is 75.5 Å². The van der Waals surface area contributed by atoms with Gasteiger partial charge in [0, 0.05) is 0 Å². The van der Waals surface area contributed by atoms with Crippen LogP contribution in [0.5, 0.6) is 0 Å². The summed E-state index contributed by atoms with van der Waals surface area (Å²) in [7, 11) is -4.85. The van der Waals surface area contributed by atoms with Crippen molar-refractivity contribution in [2.24, 2.45) is 0 Å². The molecule has 0 aromatic carbocycles. The second kappa shape index (κ2) is 6.20. The maximum absolute atomic E-state index is 10.2. The molecule has 0 fully saturated rings. The summed E-state index contributed by atoms with van der Waals surface area (Å²) in [4.78, 5) is 10.2. The van der Waals surface area contributed by atoms with E-state index in [1.807, 2.05) is 0 Å². The van der Waals surface area contributed by atoms with Gasteiger partial charge >= 0.3 is 16.4 Å². The van der Waals surface area contributed by atoms with Crippen LogP contribution in [0.4, 0.5) is 0 Å². The van der Waals surface area contributed by atoms with E-state index >= 15 is 0 Å². The third-order valence-corrected chi connectivity index (χ3v) is 2.14. The van der Waals surface area contributed by atoms with Crippen molar-refractivity contribution in [3.05, 3.63) is 0 Å². The van der Waals surface area contributed by atoms with Crippen molar-refractivity contribution in [1.82, 2.24) is 0 Å². The molecule has 4 unspecified atom stereocenters. The zero-order valence-electron chi connectivity index (χ0n) is 8.24. The van der Waals surface area contributed by atoms with Crippen LogP contribution in [0.2, 0.25) is 0 Å². The second-order valence-electron chi connectivity index (χ2n) is 3.04. The van der Waals surface area contributed by atoms with E-state index in [-0.39, 0.29) is 0 Å². The van der Waals surface area contributed by atoms with E-state index in [2.05, 4.69) is 4.18 Å². The maximum Gasteiger partial charge on any atom is 0.397 e. The molecule has 4 atom stereocenters. The number of carbonyl (C=O) groups is 1. The maximum atomic E-state index is 10.2. The van der Waals surface area contributed by atoms with Crippen molar-refractivity contribution >= 4 is 16.4 Å². The normalized spacial score (nSPS) is 19.4. The minimum atomic E-state index is -4.85. The lowest BCUT2D eigenvalue weighted by Crippen LogP contribution is -2.49. The molecule has 0 rings (SSSR count). The SMILES string of the molecule is O=C(O)C(O)C(O)C(O)C(O)COS(=O)(=O)O. The molecule has 0 heterocycles. The lowest BCUT2D eigenvalue weighted by molar-refractivity contribution is -0.163. The first-order valence-corrected chi connectivity index (χ1v) is 5.49. The highest BCUT2D eigenvalue weighted by Gasteiger charge is 2.34. The second-order valence-corrected chi connectivity index (χ2v) is 4.14. The lowest BCUT2D eigenvalue weighted by Gasteiger charge is -2.23. The first-order chi connectivity index (χ1) is 7.56. The molecule has 0 aromatic heterocycles. The van der Waals surface area contributed by atoms with Crippen LogP contribution in [0.25, 0.3) is 0 Å². The summed E-state index contributed by atoms with van der Waals surface area (Å²) in [6.45, 7) is -1.12. The summed E-state index contributed by atoms with van der Waals surface area (Å²) < 4.78 is 32.0. The Bertz CT molecular complexity index is 350. The molecule has 17 heavy (non-hydrogen) atoms. The Morgan fingerprint density at radius 3 is 1.94 bits per heavy atom. The summed E-state index contributed by atoms with van der Waals surface area (Å²) in [6.07, 6.45) is -8.83. The van der Waals surface area contributed by atoms with E-state index in [1.54, 1.807) is 0 Å². The highest BCUT2D eigenvalue weighted by molar-refractivity contribution is 7.80. The van der Waals surface area contributed by atoms with Crippen LogP contribution >= 0.6 is 0 Å². The molecular formula is C6H12O10S. The number of rotatable bonds is 7. The smallest absolute Gasteiger partial charge is 0.397 e. The first-order valence-electron chi connectivity index (χ1n) is 4.13. The van der Waals surface area contributed by atoms with E-state index in [0.717, 1.165) is 0 Å². The van der Waals surface area contributed by atoms with Gasteiger partial charge in [0.1, 0.15) is 18.3 Å². The van der Waals surface area contributed by atoms with Crippen LogP contribution in [0.1, 0.15) is 0 Å².